The highest BCUT2D eigenvalue weighted by atomic mass is 32.2. The molecule has 0 aliphatic rings. The number of aromatic nitrogens is 3. The average molecular weight is 513 g/mol. The Balaban J connectivity index is 1.57. The number of nitrogens with zero attached hydrogens (tertiary/aromatic N) is 2. The molecule has 0 fully saturated rings. The molecule has 11 heteroatoms. The predicted octanol–water partition coefficient (Wildman–Crippen LogP) is 7.34. The van der Waals surface area contributed by atoms with Crippen molar-refractivity contribution in [1.82, 2.24) is 15.0 Å². The predicted molar refractivity (Wildman–Crippen MR) is 129 cm³/mol. The molecule has 1 aromatic carbocycles. The second-order valence-electron chi connectivity index (χ2n) is 7.59. The Morgan fingerprint density at radius 3 is 2.74 bits per heavy atom. The van der Waals surface area contributed by atoms with E-state index in [2.05, 4.69) is 27.2 Å². The molecule has 2 heterocycles. The molecule has 0 unspecified atom stereocenters. The maximum absolute atomic E-state index is 13.6. The van der Waals surface area contributed by atoms with Crippen molar-refractivity contribution >= 4 is 39.7 Å². The van der Waals surface area contributed by atoms with Gasteiger partial charge in [0.2, 0.25) is 0 Å². The van der Waals surface area contributed by atoms with Gasteiger partial charge in [-0.15, -0.1) is 11.3 Å². The van der Waals surface area contributed by atoms with Crippen LogP contribution in [0.15, 0.2) is 41.1 Å². The molecule has 0 aliphatic carbocycles. The second kappa shape index (κ2) is 12.8. The Labute approximate surface area is 204 Å². The summed E-state index contributed by atoms with van der Waals surface area (Å²) in [5, 5.41) is 5.40. The summed E-state index contributed by atoms with van der Waals surface area (Å²) in [6, 6.07) is 3.84. The zero-order chi connectivity index (χ0) is 24.4. The molecule has 2 aromatic heterocycles. The van der Waals surface area contributed by atoms with Gasteiger partial charge in [0.25, 0.3) is 0 Å². The van der Waals surface area contributed by atoms with Crippen molar-refractivity contribution in [3.63, 3.8) is 0 Å². The van der Waals surface area contributed by atoms with Gasteiger partial charge in [-0.2, -0.15) is 13.2 Å². The summed E-state index contributed by atoms with van der Waals surface area (Å²) in [4.78, 5) is 23.5. The summed E-state index contributed by atoms with van der Waals surface area (Å²) in [5.74, 6) is -0.226. The van der Waals surface area contributed by atoms with Gasteiger partial charge in [0.15, 0.2) is 16.1 Å². The van der Waals surface area contributed by atoms with Crippen molar-refractivity contribution in [1.29, 1.82) is 0 Å². The molecule has 0 spiro atoms. The number of imidazole rings is 1. The number of thiazole rings is 1. The van der Waals surface area contributed by atoms with E-state index in [0.29, 0.717) is 10.3 Å². The number of carbonyl (C=O) groups excluding carboxylic acids is 1. The minimum absolute atomic E-state index is 0.152. The first-order chi connectivity index (χ1) is 16.4. The van der Waals surface area contributed by atoms with Crippen LogP contribution in [0.25, 0.3) is 0 Å². The fourth-order valence-electron chi connectivity index (χ4n) is 3.14. The summed E-state index contributed by atoms with van der Waals surface area (Å²) in [5.41, 5.74) is -0.370. The molecule has 184 valence electrons. The summed E-state index contributed by atoms with van der Waals surface area (Å²) >= 11 is 2.40. The molecule has 6 nitrogen and oxygen atoms in total. The minimum Gasteiger partial charge on any atom is -0.493 e. The Hall–Kier alpha value is -2.53. The molecule has 0 amide bonds. The SMILES string of the molecule is CCCCCCCCOc1ccc(Nc2nc(C(=O)CSc3ncc[nH]3)cs2)cc1C(F)(F)F. The lowest BCUT2D eigenvalue weighted by Gasteiger charge is -2.15. The van der Waals surface area contributed by atoms with E-state index in [1.807, 2.05) is 0 Å². The molecule has 0 aliphatic heterocycles. The number of alkyl halides is 3. The van der Waals surface area contributed by atoms with Gasteiger partial charge in [0.05, 0.1) is 17.9 Å². The van der Waals surface area contributed by atoms with Crippen LogP contribution in [0.5, 0.6) is 5.75 Å². The molecule has 2 N–H and O–H groups in total. The molecule has 0 atom stereocenters. The Bertz CT molecular complexity index is 1040. The zero-order valence-electron chi connectivity index (χ0n) is 18.8. The summed E-state index contributed by atoms with van der Waals surface area (Å²) in [6.45, 7) is 2.38. The minimum atomic E-state index is -4.55. The number of benzene rings is 1. The van der Waals surface area contributed by atoms with Crippen LogP contribution in [0.4, 0.5) is 24.0 Å². The number of rotatable bonds is 14. The average Bonchev–Trinajstić information content (AvgIpc) is 3.49. The van der Waals surface area contributed by atoms with Crippen molar-refractivity contribution in [3.05, 3.63) is 47.2 Å². The first kappa shape index (κ1) is 26.1. The molecule has 0 saturated heterocycles. The number of ether oxygens (including phenoxy) is 1. The van der Waals surface area contributed by atoms with E-state index >= 15 is 0 Å². The lowest BCUT2D eigenvalue weighted by Crippen LogP contribution is -2.10. The van der Waals surface area contributed by atoms with Gasteiger partial charge in [-0.25, -0.2) is 9.97 Å². The zero-order valence-corrected chi connectivity index (χ0v) is 20.4. The van der Waals surface area contributed by atoms with Crippen LogP contribution < -0.4 is 10.1 Å². The lowest BCUT2D eigenvalue weighted by atomic mass is 10.1. The number of aromatic amines is 1. The third kappa shape index (κ3) is 8.05. The molecule has 0 radical (unpaired) electrons. The Kier molecular flexibility index (Phi) is 9.82. The van der Waals surface area contributed by atoms with Gasteiger partial charge < -0.3 is 15.0 Å². The number of anilines is 2. The normalized spacial score (nSPS) is 11.5. The van der Waals surface area contributed by atoms with Crippen molar-refractivity contribution in [3.8, 4) is 5.75 Å². The fraction of sp³-hybridized carbons (Fsp3) is 0.435. The lowest BCUT2D eigenvalue weighted by molar-refractivity contribution is -0.138. The van der Waals surface area contributed by atoms with Gasteiger partial charge in [-0.05, 0) is 24.6 Å². The number of Topliss-reactive ketones (excluding diaryl/α,β-unsaturated/α-hetero) is 1. The highest BCUT2D eigenvalue weighted by Gasteiger charge is 2.34. The molecule has 34 heavy (non-hydrogen) atoms. The molecular weight excluding hydrogens is 485 g/mol. The van der Waals surface area contributed by atoms with Gasteiger partial charge in [0, 0.05) is 23.5 Å². The number of thioether (sulfide) groups is 1. The summed E-state index contributed by atoms with van der Waals surface area (Å²) < 4.78 is 46.3. The quantitative estimate of drug-likeness (QED) is 0.134. The van der Waals surface area contributed by atoms with Gasteiger partial charge >= 0.3 is 6.18 Å². The highest BCUT2D eigenvalue weighted by Crippen LogP contribution is 2.38. The highest BCUT2D eigenvalue weighted by molar-refractivity contribution is 7.99. The van der Waals surface area contributed by atoms with Gasteiger partial charge in [-0.1, -0.05) is 50.8 Å². The van der Waals surface area contributed by atoms with Crippen LogP contribution in [0.1, 0.15) is 61.5 Å². The van der Waals surface area contributed by atoms with E-state index < -0.39 is 11.7 Å². The van der Waals surface area contributed by atoms with Crippen molar-refractivity contribution in [2.24, 2.45) is 0 Å². The summed E-state index contributed by atoms with van der Waals surface area (Å²) in [6.07, 6.45) is 4.88. The smallest absolute Gasteiger partial charge is 0.420 e. The van der Waals surface area contributed by atoms with Crippen molar-refractivity contribution in [2.45, 2.75) is 56.8 Å². The van der Waals surface area contributed by atoms with Crippen molar-refractivity contribution in [2.75, 3.05) is 17.7 Å². The maximum Gasteiger partial charge on any atom is 0.420 e. The van der Waals surface area contributed by atoms with Crippen LogP contribution in [0, 0.1) is 0 Å². The van der Waals surface area contributed by atoms with E-state index in [4.69, 9.17) is 4.74 Å². The largest absolute Gasteiger partial charge is 0.493 e. The molecule has 3 aromatic rings. The number of halogens is 3. The number of hydrogen-bond donors (Lipinski definition) is 2. The van der Waals surface area contributed by atoms with E-state index in [9.17, 15) is 18.0 Å². The van der Waals surface area contributed by atoms with E-state index in [1.54, 1.807) is 17.8 Å². The summed E-state index contributed by atoms with van der Waals surface area (Å²) in [7, 11) is 0. The van der Waals surface area contributed by atoms with E-state index in [-0.39, 0.29) is 35.3 Å². The van der Waals surface area contributed by atoms with Crippen LogP contribution in [0.3, 0.4) is 0 Å². The van der Waals surface area contributed by atoms with Crippen LogP contribution in [-0.4, -0.2) is 33.1 Å². The fourth-order valence-corrected chi connectivity index (χ4v) is 4.58. The van der Waals surface area contributed by atoms with Gasteiger partial charge in [-0.3, -0.25) is 4.79 Å². The molecule has 0 saturated carbocycles. The first-order valence-corrected chi connectivity index (χ1v) is 13.0. The topological polar surface area (TPSA) is 79.9 Å². The Morgan fingerprint density at radius 2 is 2.00 bits per heavy atom. The monoisotopic (exact) mass is 512 g/mol. The van der Waals surface area contributed by atoms with Gasteiger partial charge in [0.1, 0.15) is 11.4 Å². The number of ketones is 1. The standard InChI is InChI=1S/C23H27F3N4O2S2/c1-2-3-4-5-6-7-12-32-20-9-8-16(13-17(20)23(24,25)26)29-22-30-18(14-33-22)19(31)15-34-21-27-10-11-28-21/h8-11,13-14H,2-7,12,15H2,1H3,(H,27,28)(H,29,30). The second-order valence-corrected chi connectivity index (χ2v) is 9.42. The third-order valence-corrected chi connectivity index (χ3v) is 6.56. The van der Waals surface area contributed by atoms with E-state index in [1.165, 1.54) is 30.3 Å². The van der Waals surface area contributed by atoms with Crippen molar-refractivity contribution < 1.29 is 22.7 Å². The molecular formula is C23H27F3N4O2S2. The third-order valence-electron chi connectivity index (χ3n) is 4.89. The Morgan fingerprint density at radius 1 is 1.21 bits per heavy atom. The van der Waals surface area contributed by atoms with Crippen LogP contribution in [0.2, 0.25) is 0 Å². The number of H-pyrrole nitrogens is 1. The van der Waals surface area contributed by atoms with Crippen LogP contribution >= 0.6 is 23.1 Å². The maximum atomic E-state index is 13.6. The number of hydrogen-bond acceptors (Lipinski definition) is 7. The molecule has 3 rings (SSSR count). The number of nitrogens with one attached hydrogen (secondary N) is 2. The van der Waals surface area contributed by atoms with Crippen LogP contribution in [-0.2, 0) is 6.18 Å². The first-order valence-electron chi connectivity index (χ1n) is 11.1. The molecule has 0 bridgehead atoms. The van der Waals surface area contributed by atoms with E-state index in [0.717, 1.165) is 49.5 Å². The number of unbranched alkanes of at least 4 members (excludes halogenated alkanes) is 5. The number of carbonyl (C=O) groups is 1.